The Labute approximate surface area is 139 Å². The number of carbonyl (C=O) groups is 1. The molecule has 0 saturated heterocycles. The maximum absolute atomic E-state index is 13.7. The number of rotatable bonds is 3. The van der Waals surface area contributed by atoms with Crippen molar-refractivity contribution >= 4 is 5.91 Å². The summed E-state index contributed by atoms with van der Waals surface area (Å²) in [5.41, 5.74) is 2.75. The van der Waals surface area contributed by atoms with Gasteiger partial charge in [-0.05, 0) is 35.2 Å². The predicted octanol–water partition coefficient (Wildman–Crippen LogP) is 3.98. The molecule has 2 aromatic carbocycles. The molecule has 0 N–H and O–H groups in total. The van der Waals surface area contributed by atoms with E-state index < -0.39 is 17.9 Å². The van der Waals surface area contributed by atoms with Gasteiger partial charge in [0, 0.05) is 13.5 Å². The number of nitrogens with zero attached hydrogens (tertiary/aromatic N) is 1. The van der Waals surface area contributed by atoms with E-state index in [2.05, 4.69) is 0 Å². The minimum atomic E-state index is -3.40. The molecule has 2 aromatic rings. The van der Waals surface area contributed by atoms with E-state index in [-0.39, 0.29) is 6.54 Å². The molecular weight excluding hydrogens is 312 g/mol. The van der Waals surface area contributed by atoms with Crippen molar-refractivity contribution in [3.8, 4) is 5.75 Å². The fraction of sp³-hybridized carbons (Fsp3) is 0.316. The monoisotopic (exact) mass is 331 g/mol. The molecule has 0 radical (unpaired) electrons. The van der Waals surface area contributed by atoms with Crippen LogP contribution in [0.4, 0.5) is 8.78 Å². The van der Waals surface area contributed by atoms with E-state index in [1.54, 1.807) is 7.11 Å². The van der Waals surface area contributed by atoms with E-state index >= 15 is 0 Å². The Morgan fingerprint density at radius 2 is 1.88 bits per heavy atom. The van der Waals surface area contributed by atoms with Crippen LogP contribution in [0.25, 0.3) is 0 Å². The third-order valence-electron chi connectivity index (χ3n) is 4.36. The highest BCUT2D eigenvalue weighted by atomic mass is 19.3. The maximum Gasteiger partial charge on any atom is 0.322 e. The highest BCUT2D eigenvalue weighted by Crippen LogP contribution is 2.36. The van der Waals surface area contributed by atoms with Crippen molar-refractivity contribution in [2.75, 3.05) is 7.11 Å². The molecule has 3 rings (SSSR count). The molecule has 3 nitrogen and oxygen atoms in total. The Morgan fingerprint density at radius 3 is 2.50 bits per heavy atom. The molecular formula is C19H19F2NO2. The number of amides is 1. The van der Waals surface area contributed by atoms with Crippen molar-refractivity contribution < 1.29 is 18.3 Å². The van der Waals surface area contributed by atoms with Crippen molar-refractivity contribution in [3.63, 3.8) is 0 Å². The summed E-state index contributed by atoms with van der Waals surface area (Å²) in [5.74, 6) is -3.89. The van der Waals surface area contributed by atoms with Gasteiger partial charge in [-0.2, -0.15) is 8.78 Å². The standard InChI is InChI=1S/C19H19F2NO2/c1-19(20,21)18(23)22-12-15-10-16(24-2)9-8-14(15)11-17(22)13-6-4-3-5-7-13/h3-10,17H,11-12H2,1-2H3. The van der Waals surface area contributed by atoms with Gasteiger partial charge in [0.25, 0.3) is 5.91 Å². The van der Waals surface area contributed by atoms with Gasteiger partial charge >= 0.3 is 5.92 Å². The summed E-state index contributed by atoms with van der Waals surface area (Å²) in [7, 11) is 1.56. The molecule has 0 bridgehead atoms. The summed E-state index contributed by atoms with van der Waals surface area (Å²) in [4.78, 5) is 13.6. The fourth-order valence-electron chi connectivity index (χ4n) is 3.13. The number of hydrogen-bond donors (Lipinski definition) is 0. The summed E-state index contributed by atoms with van der Waals surface area (Å²) < 4.78 is 32.6. The third kappa shape index (κ3) is 3.11. The van der Waals surface area contributed by atoms with Gasteiger partial charge in [0.2, 0.25) is 0 Å². The van der Waals surface area contributed by atoms with Crippen LogP contribution in [0.2, 0.25) is 0 Å². The molecule has 0 fully saturated rings. The minimum Gasteiger partial charge on any atom is -0.497 e. The van der Waals surface area contributed by atoms with Crippen LogP contribution < -0.4 is 4.74 Å². The average Bonchev–Trinajstić information content (AvgIpc) is 2.59. The van der Waals surface area contributed by atoms with Gasteiger partial charge in [-0.3, -0.25) is 4.79 Å². The van der Waals surface area contributed by atoms with E-state index in [1.165, 1.54) is 4.90 Å². The highest BCUT2D eigenvalue weighted by Gasteiger charge is 2.41. The first kappa shape index (κ1) is 16.4. The van der Waals surface area contributed by atoms with Crippen LogP contribution in [0.1, 0.15) is 29.7 Å². The Hall–Kier alpha value is -2.43. The van der Waals surface area contributed by atoms with E-state index in [9.17, 15) is 13.6 Å². The average molecular weight is 331 g/mol. The fourth-order valence-corrected chi connectivity index (χ4v) is 3.13. The molecule has 0 spiro atoms. The van der Waals surface area contributed by atoms with Crippen LogP contribution in [0.3, 0.4) is 0 Å². The van der Waals surface area contributed by atoms with Gasteiger partial charge in [-0.15, -0.1) is 0 Å². The first-order valence-electron chi connectivity index (χ1n) is 7.80. The topological polar surface area (TPSA) is 29.5 Å². The molecule has 1 atom stereocenters. The maximum atomic E-state index is 13.7. The lowest BCUT2D eigenvalue weighted by Gasteiger charge is -2.38. The molecule has 0 aromatic heterocycles. The number of carbonyl (C=O) groups excluding carboxylic acids is 1. The molecule has 1 unspecified atom stereocenters. The number of fused-ring (bicyclic) bond motifs is 1. The Bertz CT molecular complexity index is 741. The Balaban J connectivity index is 2.03. The van der Waals surface area contributed by atoms with E-state index in [4.69, 9.17) is 4.74 Å². The summed E-state index contributed by atoms with van der Waals surface area (Å²) in [6.45, 7) is 0.798. The lowest BCUT2D eigenvalue weighted by molar-refractivity contribution is -0.159. The normalized spacial score (nSPS) is 17.3. The number of benzene rings is 2. The number of ether oxygens (including phenoxy) is 1. The van der Waals surface area contributed by atoms with Crippen LogP contribution in [-0.2, 0) is 17.8 Å². The molecule has 5 heteroatoms. The second-order valence-corrected chi connectivity index (χ2v) is 6.09. The van der Waals surface area contributed by atoms with E-state index in [1.807, 2.05) is 48.5 Å². The minimum absolute atomic E-state index is 0.147. The molecule has 126 valence electrons. The number of halogens is 2. The molecule has 1 amide bonds. The molecule has 1 heterocycles. The number of methoxy groups -OCH3 is 1. The van der Waals surface area contributed by atoms with Crippen LogP contribution in [0.5, 0.6) is 5.75 Å². The van der Waals surface area contributed by atoms with Crippen molar-refractivity contribution in [1.82, 2.24) is 4.90 Å². The zero-order chi connectivity index (χ0) is 17.3. The highest BCUT2D eigenvalue weighted by molar-refractivity contribution is 5.83. The molecule has 24 heavy (non-hydrogen) atoms. The van der Waals surface area contributed by atoms with Crippen LogP contribution in [-0.4, -0.2) is 23.8 Å². The zero-order valence-corrected chi connectivity index (χ0v) is 13.6. The lowest BCUT2D eigenvalue weighted by atomic mass is 9.89. The van der Waals surface area contributed by atoms with Crippen molar-refractivity contribution in [2.24, 2.45) is 0 Å². The summed E-state index contributed by atoms with van der Waals surface area (Å²) in [6, 6.07) is 14.5. The van der Waals surface area contributed by atoms with Crippen LogP contribution in [0.15, 0.2) is 48.5 Å². The van der Waals surface area contributed by atoms with Crippen LogP contribution >= 0.6 is 0 Å². The van der Waals surface area contributed by atoms with Crippen molar-refractivity contribution in [2.45, 2.75) is 31.9 Å². The van der Waals surface area contributed by atoms with Gasteiger partial charge in [0.05, 0.1) is 13.2 Å². The molecule has 1 aliphatic rings. The molecule has 0 saturated carbocycles. The number of hydrogen-bond acceptors (Lipinski definition) is 2. The summed E-state index contributed by atoms with van der Waals surface area (Å²) >= 11 is 0. The summed E-state index contributed by atoms with van der Waals surface area (Å²) in [6.07, 6.45) is 0.505. The number of alkyl halides is 2. The quantitative estimate of drug-likeness (QED) is 0.851. The van der Waals surface area contributed by atoms with E-state index in [0.717, 1.165) is 16.7 Å². The van der Waals surface area contributed by atoms with Gasteiger partial charge in [0.15, 0.2) is 0 Å². The smallest absolute Gasteiger partial charge is 0.322 e. The van der Waals surface area contributed by atoms with Gasteiger partial charge in [-0.25, -0.2) is 0 Å². The molecule has 1 aliphatic heterocycles. The second-order valence-electron chi connectivity index (χ2n) is 6.09. The van der Waals surface area contributed by atoms with Crippen molar-refractivity contribution in [3.05, 3.63) is 65.2 Å². The summed E-state index contributed by atoms with van der Waals surface area (Å²) in [5, 5.41) is 0. The zero-order valence-electron chi connectivity index (χ0n) is 13.6. The van der Waals surface area contributed by atoms with Gasteiger partial charge in [0.1, 0.15) is 5.75 Å². The Morgan fingerprint density at radius 1 is 1.17 bits per heavy atom. The molecule has 0 aliphatic carbocycles. The SMILES string of the molecule is COc1ccc2c(c1)CN(C(=O)C(C)(F)F)C(c1ccccc1)C2. The lowest BCUT2D eigenvalue weighted by Crippen LogP contribution is -2.46. The largest absolute Gasteiger partial charge is 0.497 e. The van der Waals surface area contributed by atoms with Crippen molar-refractivity contribution in [1.29, 1.82) is 0 Å². The van der Waals surface area contributed by atoms with Crippen LogP contribution in [0, 0.1) is 0 Å². The van der Waals surface area contributed by atoms with E-state index in [0.29, 0.717) is 19.1 Å². The van der Waals surface area contributed by atoms with Gasteiger partial charge < -0.3 is 9.64 Å². The first-order chi connectivity index (χ1) is 11.4. The predicted molar refractivity (Wildman–Crippen MR) is 87.1 cm³/mol. The third-order valence-corrected chi connectivity index (χ3v) is 4.36. The first-order valence-corrected chi connectivity index (χ1v) is 7.80. The Kier molecular flexibility index (Phi) is 4.26. The van der Waals surface area contributed by atoms with Gasteiger partial charge in [-0.1, -0.05) is 36.4 Å². The second kappa shape index (κ2) is 6.23.